The van der Waals surface area contributed by atoms with E-state index in [0.29, 0.717) is 12.8 Å². The lowest BCUT2D eigenvalue weighted by Crippen LogP contribution is -2.30. The zero-order valence-electron chi connectivity index (χ0n) is 43.4. The largest absolute Gasteiger partial charge is 0.462 e. The minimum absolute atomic E-state index is 0.109. The maximum absolute atomic E-state index is 12.8. The van der Waals surface area contributed by atoms with E-state index in [1.807, 2.05) is 0 Å². The van der Waals surface area contributed by atoms with Crippen molar-refractivity contribution in [1.82, 2.24) is 0 Å². The van der Waals surface area contributed by atoms with Crippen molar-refractivity contribution in [1.29, 1.82) is 0 Å². The van der Waals surface area contributed by atoms with Crippen LogP contribution in [0.2, 0.25) is 0 Å². The molecule has 0 aromatic carbocycles. The molecule has 0 saturated carbocycles. The molecule has 0 amide bonds. The highest BCUT2D eigenvalue weighted by molar-refractivity contribution is 5.71. The van der Waals surface area contributed by atoms with E-state index >= 15 is 0 Å². The number of esters is 3. The van der Waals surface area contributed by atoms with Crippen molar-refractivity contribution >= 4 is 17.9 Å². The Bertz CT molecular complexity index is 1390. The van der Waals surface area contributed by atoms with Crippen LogP contribution >= 0.6 is 0 Å². The highest BCUT2D eigenvalue weighted by Gasteiger charge is 2.19. The number of hydrogen-bond acceptors (Lipinski definition) is 6. The summed E-state index contributed by atoms with van der Waals surface area (Å²) in [6.45, 7) is 6.41. The predicted molar refractivity (Wildman–Crippen MR) is 288 cm³/mol. The second kappa shape index (κ2) is 54.7. The van der Waals surface area contributed by atoms with Crippen LogP contribution in [0.4, 0.5) is 0 Å². The average Bonchev–Trinajstić information content (AvgIpc) is 3.33. The minimum Gasteiger partial charge on any atom is -0.462 e. The summed E-state index contributed by atoms with van der Waals surface area (Å²) in [6, 6.07) is 0. The molecule has 6 heteroatoms. The number of carbonyl (C=O) groups excluding carboxylic acids is 3. The molecule has 380 valence electrons. The minimum atomic E-state index is -0.816. The highest BCUT2D eigenvalue weighted by atomic mass is 16.6. The molecular formula is C61H100O6. The van der Waals surface area contributed by atoms with Gasteiger partial charge in [0.2, 0.25) is 0 Å². The molecule has 0 radical (unpaired) electrons. The molecule has 0 aliphatic carbocycles. The summed E-state index contributed by atoms with van der Waals surface area (Å²) < 4.78 is 16.8. The molecule has 67 heavy (non-hydrogen) atoms. The molecule has 0 rings (SSSR count). The maximum Gasteiger partial charge on any atom is 0.306 e. The summed E-state index contributed by atoms with van der Waals surface area (Å²) in [5.74, 6) is -0.998. The molecule has 6 nitrogen and oxygen atoms in total. The van der Waals surface area contributed by atoms with E-state index in [9.17, 15) is 14.4 Å². The van der Waals surface area contributed by atoms with Crippen LogP contribution in [-0.4, -0.2) is 37.2 Å². The first kappa shape index (κ1) is 63.1. The summed E-state index contributed by atoms with van der Waals surface area (Å²) in [7, 11) is 0. The summed E-state index contributed by atoms with van der Waals surface area (Å²) in [4.78, 5) is 38.1. The Morgan fingerprint density at radius 3 is 1.01 bits per heavy atom. The van der Waals surface area contributed by atoms with Crippen LogP contribution in [-0.2, 0) is 28.6 Å². The summed E-state index contributed by atoms with van der Waals surface area (Å²) in [5, 5.41) is 0. The first-order chi connectivity index (χ1) is 33.0. The fourth-order valence-electron chi connectivity index (χ4n) is 7.13. The lowest BCUT2D eigenvalue weighted by molar-refractivity contribution is -0.167. The van der Waals surface area contributed by atoms with Crippen molar-refractivity contribution in [3.8, 4) is 0 Å². The standard InChI is InChI=1S/C61H100O6/c1-4-7-10-13-16-19-22-25-28-30-33-36-39-42-45-48-51-54-60(63)66-57-58(56-65-59(62)53-50-47-44-41-38-35-32-27-24-21-18-15-12-9-6-3)67-61(64)55-52-49-46-43-40-37-34-31-29-26-23-20-17-14-11-8-5-2/h7,10,16-17,19-21,24-26,28-29,33-34,36-37,42,45,58H,4-6,8-9,11-15,18,22-23,27,30-32,35,38-41,43-44,46-57H2,1-3H3/b10-7-,19-16-,20-17-,24-21-,28-25-,29-26-,36-33-,37-34-,45-42-/t58-/m0/s1. The maximum atomic E-state index is 12.8. The van der Waals surface area contributed by atoms with Crippen molar-refractivity contribution in [3.05, 3.63) is 109 Å². The van der Waals surface area contributed by atoms with Gasteiger partial charge in [-0.15, -0.1) is 0 Å². The van der Waals surface area contributed by atoms with Crippen LogP contribution in [0.25, 0.3) is 0 Å². The first-order valence-corrected chi connectivity index (χ1v) is 27.4. The van der Waals surface area contributed by atoms with E-state index in [2.05, 4.69) is 130 Å². The van der Waals surface area contributed by atoms with Gasteiger partial charge < -0.3 is 14.2 Å². The van der Waals surface area contributed by atoms with Crippen molar-refractivity contribution < 1.29 is 28.6 Å². The second-order valence-electron chi connectivity index (χ2n) is 17.7. The lowest BCUT2D eigenvalue weighted by atomic mass is 10.1. The van der Waals surface area contributed by atoms with Crippen LogP contribution in [0.15, 0.2) is 109 Å². The Labute approximate surface area is 412 Å². The smallest absolute Gasteiger partial charge is 0.306 e. The number of unbranched alkanes of at least 4 members (excludes halogenated alkanes) is 19. The lowest BCUT2D eigenvalue weighted by Gasteiger charge is -2.18. The van der Waals surface area contributed by atoms with Gasteiger partial charge >= 0.3 is 17.9 Å². The third kappa shape index (κ3) is 52.9. The number of rotatable bonds is 48. The Kier molecular flexibility index (Phi) is 51.5. The van der Waals surface area contributed by atoms with Crippen molar-refractivity contribution in [2.45, 2.75) is 245 Å². The van der Waals surface area contributed by atoms with E-state index in [0.717, 1.165) is 103 Å². The zero-order chi connectivity index (χ0) is 48.6. The zero-order valence-corrected chi connectivity index (χ0v) is 43.4. The van der Waals surface area contributed by atoms with Gasteiger partial charge in [-0.2, -0.15) is 0 Å². The molecule has 0 unspecified atom stereocenters. The predicted octanol–water partition coefficient (Wildman–Crippen LogP) is 18.3. The molecule has 0 aromatic heterocycles. The quantitative estimate of drug-likeness (QED) is 0.0262. The Morgan fingerprint density at radius 1 is 0.313 bits per heavy atom. The fourth-order valence-corrected chi connectivity index (χ4v) is 7.13. The Hall–Kier alpha value is -3.93. The molecular weight excluding hydrogens is 829 g/mol. The fraction of sp³-hybridized carbons (Fsp3) is 0.656. The molecule has 0 heterocycles. The van der Waals surface area contributed by atoms with Crippen LogP contribution in [0, 0.1) is 0 Å². The second-order valence-corrected chi connectivity index (χ2v) is 17.7. The number of hydrogen-bond donors (Lipinski definition) is 0. The number of allylic oxidation sites excluding steroid dienone is 18. The number of carbonyl (C=O) groups is 3. The van der Waals surface area contributed by atoms with E-state index in [1.54, 1.807) is 0 Å². The molecule has 0 aliphatic rings. The normalized spacial score (nSPS) is 12.9. The first-order valence-electron chi connectivity index (χ1n) is 27.4. The third-order valence-corrected chi connectivity index (χ3v) is 11.2. The topological polar surface area (TPSA) is 78.9 Å². The molecule has 0 aliphatic heterocycles. The van der Waals surface area contributed by atoms with E-state index in [1.165, 1.54) is 89.9 Å². The van der Waals surface area contributed by atoms with Gasteiger partial charge in [-0.1, -0.05) is 207 Å². The molecule has 0 N–H and O–H groups in total. The Morgan fingerprint density at radius 2 is 0.597 bits per heavy atom. The van der Waals surface area contributed by atoms with Gasteiger partial charge in [0.1, 0.15) is 13.2 Å². The van der Waals surface area contributed by atoms with Gasteiger partial charge in [-0.25, -0.2) is 0 Å². The van der Waals surface area contributed by atoms with Crippen molar-refractivity contribution in [2.24, 2.45) is 0 Å². The highest BCUT2D eigenvalue weighted by Crippen LogP contribution is 2.13. The SMILES string of the molecule is CC/C=C\C/C=C\C/C=C\C/C=C\C/C=C\CCCC(=O)OC[C@H](COC(=O)CCCCCCCCC/C=C\CCCCCC)OC(=O)CCCCCC/C=C\C/C=C\C/C=C\CCCCC. The Balaban J connectivity index is 4.54. The van der Waals surface area contributed by atoms with Gasteiger partial charge in [0, 0.05) is 19.3 Å². The molecule has 0 bridgehead atoms. The van der Waals surface area contributed by atoms with E-state index in [4.69, 9.17) is 14.2 Å². The molecule has 1 atom stereocenters. The van der Waals surface area contributed by atoms with E-state index in [-0.39, 0.29) is 44.0 Å². The van der Waals surface area contributed by atoms with Crippen molar-refractivity contribution in [2.75, 3.05) is 13.2 Å². The van der Waals surface area contributed by atoms with Gasteiger partial charge in [0.15, 0.2) is 6.10 Å². The third-order valence-electron chi connectivity index (χ3n) is 11.2. The van der Waals surface area contributed by atoms with Crippen LogP contribution < -0.4 is 0 Å². The van der Waals surface area contributed by atoms with Crippen molar-refractivity contribution in [3.63, 3.8) is 0 Å². The summed E-state index contributed by atoms with van der Waals surface area (Å²) in [5.41, 5.74) is 0. The molecule has 0 fully saturated rings. The van der Waals surface area contributed by atoms with Crippen LogP contribution in [0.1, 0.15) is 239 Å². The van der Waals surface area contributed by atoms with Crippen LogP contribution in [0.3, 0.4) is 0 Å². The number of ether oxygens (including phenoxy) is 3. The molecule has 0 aromatic rings. The molecule has 0 saturated heterocycles. The van der Waals surface area contributed by atoms with Gasteiger partial charge in [-0.05, 0) is 122 Å². The molecule has 0 spiro atoms. The van der Waals surface area contributed by atoms with Gasteiger partial charge in [-0.3, -0.25) is 14.4 Å². The average molecular weight is 929 g/mol. The van der Waals surface area contributed by atoms with E-state index < -0.39 is 6.10 Å². The van der Waals surface area contributed by atoms with Gasteiger partial charge in [0.25, 0.3) is 0 Å². The van der Waals surface area contributed by atoms with Crippen LogP contribution in [0.5, 0.6) is 0 Å². The van der Waals surface area contributed by atoms with Gasteiger partial charge in [0.05, 0.1) is 0 Å². The summed E-state index contributed by atoms with van der Waals surface area (Å²) >= 11 is 0. The monoisotopic (exact) mass is 929 g/mol. The summed E-state index contributed by atoms with van der Waals surface area (Å²) in [6.07, 6.45) is 73.6.